The van der Waals surface area contributed by atoms with E-state index in [1.54, 1.807) is 11.5 Å². The molecule has 3 N–H and O–H groups in total. The summed E-state index contributed by atoms with van der Waals surface area (Å²) in [7, 11) is -3.12. The fraction of sp³-hybridized carbons (Fsp3) is 0.667. The minimum Gasteiger partial charge on any atom is -0.801 e. The Hall–Kier alpha value is -1.01. The van der Waals surface area contributed by atoms with Crippen molar-refractivity contribution >= 4 is 42.9 Å². The maximum absolute atomic E-state index is 12.6. The van der Waals surface area contributed by atoms with E-state index in [9.17, 15) is 19.2 Å². The number of hydrogen-bond acceptors (Lipinski definition) is 11. The lowest BCUT2D eigenvalue weighted by molar-refractivity contribution is -0.194. The van der Waals surface area contributed by atoms with E-state index >= 15 is 0 Å². The molecule has 8 atom stereocenters. The number of imidazole rings is 1. The van der Waals surface area contributed by atoms with Crippen LogP contribution >= 0.6 is 14.1 Å². The number of nitrogen functional groups attached to an aromatic ring is 1. The molecule has 166 valence electrons. The quantitative estimate of drug-likeness (QED) is 0.481. The van der Waals surface area contributed by atoms with Gasteiger partial charge in [-0.3, -0.25) is 4.57 Å². The van der Waals surface area contributed by atoms with Gasteiger partial charge in [0.2, 0.25) is 0 Å². The molecule has 2 fully saturated rings. The van der Waals surface area contributed by atoms with Crippen LogP contribution in [0, 0.1) is 5.92 Å². The van der Waals surface area contributed by atoms with Crippen LogP contribution in [0.4, 0.5) is 5.82 Å². The molecule has 1 aliphatic heterocycles. The number of anilines is 1. The average Bonchev–Trinajstić information content (AvgIpc) is 3.25. The molecule has 0 radical (unpaired) electrons. The molecule has 2 aromatic heterocycles. The van der Waals surface area contributed by atoms with Gasteiger partial charge in [0, 0.05) is 12.8 Å². The van der Waals surface area contributed by atoms with Gasteiger partial charge in [-0.05, 0) is 25.0 Å². The molecule has 4 unspecified atom stereocenters. The number of fused-ring (bicyclic) bond motifs is 1. The Morgan fingerprint density at radius 2 is 2.13 bits per heavy atom. The van der Waals surface area contributed by atoms with Gasteiger partial charge in [0.05, 0.1) is 12.4 Å². The van der Waals surface area contributed by atoms with E-state index in [-0.39, 0.29) is 18.4 Å². The maximum Gasteiger partial charge on any atom is 0.167 e. The molecule has 0 bridgehead atoms. The standard InChI is InChI=1S/C15H23N5O7P2S/c1-3-28(21,30)27-11-10(7-4-8(7)29(22,23)24)26-15(12(11)25-2)20-6-19-9-13(16)17-5-18-14(9)20/h5-8,10-12,15H,3-4H2,1-2H3,(H,21,30)(H2,16,17,18)(H2,22,23,24)/p-2/t7?,8?,10-,11+,12+,15-,28?/m1/s1. The highest BCUT2D eigenvalue weighted by molar-refractivity contribution is 8.08. The van der Waals surface area contributed by atoms with Crippen molar-refractivity contribution in [2.45, 2.75) is 43.5 Å². The molecule has 2 aromatic rings. The third-order valence-corrected chi connectivity index (χ3v) is 9.28. The summed E-state index contributed by atoms with van der Waals surface area (Å²) in [5.74, 6) is -0.363. The van der Waals surface area contributed by atoms with Gasteiger partial charge in [0.1, 0.15) is 31.6 Å². The smallest absolute Gasteiger partial charge is 0.167 e. The van der Waals surface area contributed by atoms with Gasteiger partial charge in [-0.2, -0.15) is 0 Å². The zero-order valence-electron chi connectivity index (χ0n) is 16.1. The highest BCUT2D eigenvalue weighted by Gasteiger charge is 2.59. The minimum absolute atomic E-state index is 0.110. The molecule has 2 aliphatic rings. The second-order valence-corrected chi connectivity index (χ2v) is 12.8. The van der Waals surface area contributed by atoms with Gasteiger partial charge >= 0.3 is 0 Å². The Bertz CT molecular complexity index is 1050. The average molecular weight is 477 g/mol. The summed E-state index contributed by atoms with van der Waals surface area (Å²) in [5, 5.41) is 0. The van der Waals surface area contributed by atoms with Gasteiger partial charge in [-0.25, -0.2) is 15.0 Å². The van der Waals surface area contributed by atoms with Crippen LogP contribution in [0.3, 0.4) is 0 Å². The molecule has 0 amide bonds. The van der Waals surface area contributed by atoms with Gasteiger partial charge in [-0.15, -0.1) is 0 Å². The van der Waals surface area contributed by atoms with E-state index < -0.39 is 50.2 Å². The molecular weight excluding hydrogens is 456 g/mol. The summed E-state index contributed by atoms with van der Waals surface area (Å²) in [6.07, 6.45) is -0.326. The monoisotopic (exact) mass is 477 g/mol. The van der Waals surface area contributed by atoms with Crippen LogP contribution in [0.1, 0.15) is 19.6 Å². The largest absolute Gasteiger partial charge is 0.801 e. The summed E-state index contributed by atoms with van der Waals surface area (Å²) < 4.78 is 30.7. The Labute approximate surface area is 177 Å². The molecule has 0 aromatic carbocycles. The van der Waals surface area contributed by atoms with E-state index in [2.05, 4.69) is 15.0 Å². The first-order chi connectivity index (χ1) is 14.1. The van der Waals surface area contributed by atoms with Crippen LogP contribution in [0.25, 0.3) is 11.2 Å². The van der Waals surface area contributed by atoms with Crippen LogP contribution in [-0.4, -0.2) is 61.7 Å². The van der Waals surface area contributed by atoms with Crippen molar-refractivity contribution in [1.29, 1.82) is 0 Å². The fourth-order valence-electron chi connectivity index (χ4n) is 3.85. The van der Waals surface area contributed by atoms with Crippen LogP contribution in [0.2, 0.25) is 0 Å². The SMILES string of the molecule is CCP([O-])(=S)O[C@@H]1[C@H](OC)[C@H](n2cnc3c(N)ncnc32)O[C@@H]1C1CC1P(=O)([O-])O. The Kier molecular flexibility index (Phi) is 5.80. The lowest BCUT2D eigenvalue weighted by atomic mass is 10.1. The van der Waals surface area contributed by atoms with Crippen molar-refractivity contribution in [2.24, 2.45) is 5.92 Å². The number of nitrogens with two attached hydrogens (primary N) is 1. The molecule has 0 spiro atoms. The second kappa shape index (κ2) is 7.84. The van der Waals surface area contributed by atoms with E-state index in [0.717, 1.165) is 0 Å². The highest BCUT2D eigenvalue weighted by atomic mass is 32.5. The molecule has 1 saturated heterocycles. The molecule has 1 aliphatic carbocycles. The second-order valence-electron chi connectivity index (χ2n) is 7.30. The molecule has 1 saturated carbocycles. The Morgan fingerprint density at radius 3 is 2.73 bits per heavy atom. The first-order valence-corrected chi connectivity index (χ1v) is 13.7. The molecular formula is C15H21N5O7P2S-2. The first-order valence-electron chi connectivity index (χ1n) is 9.20. The summed E-state index contributed by atoms with van der Waals surface area (Å²) in [6.45, 7) is -1.76. The number of hydrogen-bond donors (Lipinski definition) is 2. The fourth-order valence-corrected chi connectivity index (χ4v) is 6.07. The minimum atomic E-state index is -4.55. The van der Waals surface area contributed by atoms with Crippen LogP contribution in [0.5, 0.6) is 0 Å². The van der Waals surface area contributed by atoms with Crippen molar-refractivity contribution in [1.82, 2.24) is 19.5 Å². The lowest BCUT2D eigenvalue weighted by Crippen LogP contribution is -2.38. The third-order valence-electron chi connectivity index (χ3n) is 5.47. The predicted molar refractivity (Wildman–Crippen MR) is 106 cm³/mol. The summed E-state index contributed by atoms with van der Waals surface area (Å²) in [5.41, 5.74) is 5.63. The predicted octanol–water partition coefficient (Wildman–Crippen LogP) is -0.670. The van der Waals surface area contributed by atoms with Crippen LogP contribution in [-0.2, 0) is 30.4 Å². The zero-order valence-corrected chi connectivity index (χ0v) is 18.7. The van der Waals surface area contributed by atoms with Crippen molar-refractivity contribution in [2.75, 3.05) is 19.0 Å². The topological polar surface area (TPSA) is 181 Å². The van der Waals surface area contributed by atoms with Crippen LogP contribution < -0.4 is 15.5 Å². The van der Waals surface area contributed by atoms with Gasteiger partial charge in [0.15, 0.2) is 17.7 Å². The Balaban J connectivity index is 1.72. The van der Waals surface area contributed by atoms with Gasteiger partial charge in [-0.1, -0.05) is 18.7 Å². The molecule has 4 rings (SSSR count). The van der Waals surface area contributed by atoms with Crippen molar-refractivity contribution in [3.05, 3.63) is 12.7 Å². The van der Waals surface area contributed by atoms with Gasteiger partial charge < -0.3 is 39.0 Å². The van der Waals surface area contributed by atoms with Crippen molar-refractivity contribution in [3.63, 3.8) is 0 Å². The van der Waals surface area contributed by atoms with E-state index in [1.165, 1.54) is 19.8 Å². The molecule has 12 nitrogen and oxygen atoms in total. The summed E-state index contributed by atoms with van der Waals surface area (Å²) in [4.78, 5) is 46.0. The Morgan fingerprint density at radius 1 is 1.40 bits per heavy atom. The normalized spacial score (nSPS) is 35.2. The van der Waals surface area contributed by atoms with Crippen molar-refractivity contribution < 1.29 is 33.2 Å². The van der Waals surface area contributed by atoms with E-state index in [4.69, 9.17) is 31.5 Å². The molecule has 15 heteroatoms. The molecule has 3 heterocycles. The van der Waals surface area contributed by atoms with Crippen molar-refractivity contribution in [3.8, 4) is 0 Å². The van der Waals surface area contributed by atoms with Crippen LogP contribution in [0.15, 0.2) is 12.7 Å². The zero-order chi connectivity index (χ0) is 21.8. The highest BCUT2D eigenvalue weighted by Crippen LogP contribution is 2.60. The molecule has 30 heavy (non-hydrogen) atoms. The van der Waals surface area contributed by atoms with E-state index in [1.807, 2.05) is 0 Å². The maximum atomic E-state index is 12.6. The third kappa shape index (κ3) is 3.94. The number of ether oxygens (including phenoxy) is 2. The first kappa shape index (κ1) is 22.2. The number of methoxy groups -OCH3 is 1. The van der Waals surface area contributed by atoms with Gasteiger partial charge in [0.25, 0.3) is 0 Å². The number of aromatic nitrogens is 4. The van der Waals surface area contributed by atoms with E-state index in [0.29, 0.717) is 11.2 Å². The summed E-state index contributed by atoms with van der Waals surface area (Å²) >= 11 is 5.08. The summed E-state index contributed by atoms with van der Waals surface area (Å²) in [6, 6.07) is 0. The number of nitrogens with zero attached hydrogens (tertiary/aromatic N) is 4. The lowest BCUT2D eigenvalue weighted by Gasteiger charge is -2.34. The number of rotatable bonds is 7.